The first-order chi connectivity index (χ1) is 9.50. The van der Waals surface area contributed by atoms with E-state index in [1.54, 1.807) is 7.11 Å². The molecule has 1 heterocycles. The van der Waals surface area contributed by atoms with Crippen LogP contribution in [0, 0.1) is 5.92 Å². The molecule has 6 heteroatoms. The number of piperidine rings is 1. The molecule has 1 atom stereocenters. The molecule has 21 heavy (non-hydrogen) atoms. The van der Waals surface area contributed by atoms with Crippen LogP contribution in [-0.4, -0.2) is 63.3 Å². The van der Waals surface area contributed by atoms with E-state index in [4.69, 9.17) is 4.74 Å². The van der Waals surface area contributed by atoms with Gasteiger partial charge in [0.25, 0.3) is 0 Å². The van der Waals surface area contributed by atoms with Crippen LogP contribution in [0.2, 0.25) is 0 Å². The molecular weight excluding hydrogens is 379 g/mol. The molecule has 0 bridgehead atoms. The molecule has 5 nitrogen and oxygen atoms in total. The van der Waals surface area contributed by atoms with Crippen LogP contribution in [0.25, 0.3) is 0 Å². The van der Waals surface area contributed by atoms with Gasteiger partial charge in [-0.05, 0) is 45.7 Å². The number of ether oxygens (including phenoxy) is 1. The number of rotatable bonds is 6. The number of nitrogens with one attached hydrogen (secondary N) is 2. The van der Waals surface area contributed by atoms with E-state index in [1.165, 1.54) is 25.9 Å². The average Bonchev–Trinajstić information content (AvgIpc) is 2.47. The Morgan fingerprint density at radius 1 is 1.38 bits per heavy atom. The molecule has 1 unspecified atom stereocenters. The highest BCUT2D eigenvalue weighted by molar-refractivity contribution is 14.0. The largest absolute Gasteiger partial charge is 0.377 e. The molecule has 1 rings (SSSR count). The minimum absolute atomic E-state index is 0. The number of hydrogen-bond donors (Lipinski definition) is 2. The van der Waals surface area contributed by atoms with Crippen LogP contribution in [0.4, 0.5) is 0 Å². The lowest BCUT2D eigenvalue weighted by Gasteiger charge is -2.32. The maximum atomic E-state index is 5.40. The first kappa shape index (κ1) is 20.9. The molecular formula is C15H33IN4O. The summed E-state index contributed by atoms with van der Waals surface area (Å²) in [7, 11) is 3.55. The van der Waals surface area contributed by atoms with Gasteiger partial charge in [-0.25, -0.2) is 0 Å². The zero-order valence-corrected chi connectivity index (χ0v) is 16.6. The molecule has 1 saturated heterocycles. The van der Waals surface area contributed by atoms with E-state index >= 15 is 0 Å². The van der Waals surface area contributed by atoms with E-state index in [-0.39, 0.29) is 29.6 Å². The molecule has 0 saturated carbocycles. The van der Waals surface area contributed by atoms with Crippen LogP contribution in [0.3, 0.4) is 0 Å². The lowest BCUT2D eigenvalue weighted by Crippen LogP contribution is -2.48. The van der Waals surface area contributed by atoms with Crippen molar-refractivity contribution in [1.82, 2.24) is 15.5 Å². The maximum Gasteiger partial charge on any atom is 0.191 e. The van der Waals surface area contributed by atoms with Gasteiger partial charge in [0, 0.05) is 33.8 Å². The van der Waals surface area contributed by atoms with Gasteiger partial charge in [0.05, 0.1) is 5.60 Å². The van der Waals surface area contributed by atoms with Crippen LogP contribution in [0.5, 0.6) is 0 Å². The summed E-state index contributed by atoms with van der Waals surface area (Å²) < 4.78 is 5.40. The number of aliphatic imine (C=N–C) groups is 1. The van der Waals surface area contributed by atoms with Gasteiger partial charge in [-0.2, -0.15) is 0 Å². The van der Waals surface area contributed by atoms with Gasteiger partial charge in [-0.15, -0.1) is 24.0 Å². The Morgan fingerprint density at radius 3 is 2.67 bits per heavy atom. The predicted molar refractivity (Wildman–Crippen MR) is 101 cm³/mol. The third-order valence-electron chi connectivity index (χ3n) is 4.07. The van der Waals surface area contributed by atoms with Gasteiger partial charge in [-0.1, -0.05) is 6.92 Å². The molecule has 0 aromatic carbocycles. The molecule has 0 aromatic rings. The smallest absolute Gasteiger partial charge is 0.191 e. The van der Waals surface area contributed by atoms with Crippen molar-refractivity contribution in [3.05, 3.63) is 0 Å². The third kappa shape index (κ3) is 8.21. The Balaban J connectivity index is 0.00000400. The fraction of sp³-hybridized carbons (Fsp3) is 0.933. The molecule has 0 amide bonds. The van der Waals surface area contributed by atoms with E-state index in [0.717, 1.165) is 31.5 Å². The maximum absolute atomic E-state index is 5.40. The number of nitrogens with zero attached hydrogens (tertiary/aromatic N) is 2. The summed E-state index contributed by atoms with van der Waals surface area (Å²) >= 11 is 0. The Hall–Kier alpha value is -0.0800. The van der Waals surface area contributed by atoms with Gasteiger partial charge in [0.1, 0.15) is 0 Å². The summed E-state index contributed by atoms with van der Waals surface area (Å²) in [6.07, 6.45) is 2.62. The molecule has 126 valence electrons. The quantitative estimate of drug-likeness (QED) is 0.398. The van der Waals surface area contributed by atoms with Gasteiger partial charge >= 0.3 is 0 Å². The highest BCUT2D eigenvalue weighted by Gasteiger charge is 2.20. The van der Waals surface area contributed by atoms with Crippen molar-refractivity contribution < 1.29 is 4.74 Å². The van der Waals surface area contributed by atoms with Gasteiger partial charge in [0.2, 0.25) is 0 Å². The highest BCUT2D eigenvalue weighted by atomic mass is 127. The fourth-order valence-corrected chi connectivity index (χ4v) is 2.44. The Labute approximate surface area is 147 Å². The summed E-state index contributed by atoms with van der Waals surface area (Å²) in [6, 6.07) is 0. The number of halogens is 1. The minimum Gasteiger partial charge on any atom is -0.377 e. The normalized spacial score (nSPS) is 20.8. The molecule has 0 radical (unpaired) electrons. The highest BCUT2D eigenvalue weighted by Crippen LogP contribution is 2.15. The van der Waals surface area contributed by atoms with Crippen molar-refractivity contribution in [2.45, 2.75) is 39.2 Å². The molecule has 1 aliphatic rings. The molecule has 0 spiro atoms. The lowest BCUT2D eigenvalue weighted by molar-refractivity contribution is 0.0268. The van der Waals surface area contributed by atoms with Crippen LogP contribution in [0.15, 0.2) is 4.99 Å². The summed E-state index contributed by atoms with van der Waals surface area (Å²) in [6.45, 7) is 11.7. The van der Waals surface area contributed by atoms with Crippen LogP contribution in [0.1, 0.15) is 33.6 Å². The number of guanidine groups is 1. The minimum atomic E-state index is -0.179. The van der Waals surface area contributed by atoms with E-state index in [0.29, 0.717) is 0 Å². The van der Waals surface area contributed by atoms with E-state index in [9.17, 15) is 0 Å². The third-order valence-corrected chi connectivity index (χ3v) is 4.07. The Morgan fingerprint density at radius 2 is 2.10 bits per heavy atom. The standard InChI is InChI=1S/C15H32N4O.HI/c1-6-19-9-7-8-13(11-19)10-17-14(16-4)18-12-15(2,3)20-5;/h13H,6-12H2,1-5H3,(H2,16,17,18);1H. The zero-order valence-electron chi connectivity index (χ0n) is 14.2. The van der Waals surface area contributed by atoms with Crippen LogP contribution < -0.4 is 10.6 Å². The molecule has 1 fully saturated rings. The van der Waals surface area contributed by atoms with Crippen molar-refractivity contribution in [1.29, 1.82) is 0 Å². The van der Waals surface area contributed by atoms with Crippen molar-refractivity contribution in [2.75, 3.05) is 46.9 Å². The first-order valence-corrected chi connectivity index (χ1v) is 7.72. The lowest BCUT2D eigenvalue weighted by atomic mass is 9.98. The topological polar surface area (TPSA) is 48.9 Å². The molecule has 0 aliphatic carbocycles. The summed E-state index contributed by atoms with van der Waals surface area (Å²) in [5.74, 6) is 1.58. The van der Waals surface area contributed by atoms with Crippen molar-refractivity contribution in [3.8, 4) is 0 Å². The summed E-state index contributed by atoms with van der Waals surface area (Å²) in [5.41, 5.74) is -0.179. The number of likely N-dealkylation sites (tertiary alicyclic amines) is 1. The molecule has 0 aromatic heterocycles. The Kier molecular flexibility index (Phi) is 10.6. The van der Waals surface area contributed by atoms with Crippen molar-refractivity contribution >= 4 is 29.9 Å². The zero-order chi connectivity index (χ0) is 15.0. The van der Waals surface area contributed by atoms with Crippen molar-refractivity contribution in [2.24, 2.45) is 10.9 Å². The molecule has 1 aliphatic heterocycles. The number of methoxy groups -OCH3 is 1. The summed E-state index contributed by atoms with van der Waals surface area (Å²) in [4.78, 5) is 6.80. The fourth-order valence-electron chi connectivity index (χ4n) is 2.44. The second-order valence-corrected chi connectivity index (χ2v) is 6.17. The van der Waals surface area contributed by atoms with E-state index in [1.807, 2.05) is 7.05 Å². The number of hydrogen-bond acceptors (Lipinski definition) is 3. The second kappa shape index (κ2) is 10.6. The van der Waals surface area contributed by atoms with Crippen LogP contribution in [-0.2, 0) is 4.74 Å². The average molecular weight is 412 g/mol. The van der Waals surface area contributed by atoms with Gasteiger partial charge in [0.15, 0.2) is 5.96 Å². The molecule has 2 N–H and O–H groups in total. The predicted octanol–water partition coefficient (Wildman–Crippen LogP) is 1.93. The summed E-state index contributed by atoms with van der Waals surface area (Å²) in [5, 5.41) is 6.76. The van der Waals surface area contributed by atoms with Crippen molar-refractivity contribution in [3.63, 3.8) is 0 Å². The van der Waals surface area contributed by atoms with Gasteiger partial charge < -0.3 is 20.3 Å². The monoisotopic (exact) mass is 412 g/mol. The Bertz CT molecular complexity index is 310. The van der Waals surface area contributed by atoms with Crippen LogP contribution >= 0.6 is 24.0 Å². The van der Waals surface area contributed by atoms with E-state index < -0.39 is 0 Å². The van der Waals surface area contributed by atoms with E-state index in [2.05, 4.69) is 41.3 Å². The SMILES string of the molecule is CCN1CCCC(CNC(=NC)NCC(C)(C)OC)C1.I. The second-order valence-electron chi connectivity index (χ2n) is 6.17. The van der Waals surface area contributed by atoms with Gasteiger partial charge in [-0.3, -0.25) is 4.99 Å². The first-order valence-electron chi connectivity index (χ1n) is 7.72.